The van der Waals surface area contributed by atoms with Gasteiger partial charge >= 0.3 is 7.12 Å². The molecule has 208 valence electrons. The lowest BCUT2D eigenvalue weighted by atomic mass is 9.43. The van der Waals surface area contributed by atoms with Crippen LogP contribution in [0.25, 0.3) is 0 Å². The van der Waals surface area contributed by atoms with Crippen molar-refractivity contribution in [3.8, 4) is 5.75 Å². The molecular formula is C29H52BNO4Si2. The molecule has 1 heterocycles. The fourth-order valence-corrected chi connectivity index (χ4v) is 18.5. The first-order valence-corrected chi connectivity index (χ1v) is 21.3. The highest BCUT2D eigenvalue weighted by atomic mass is 28.4. The lowest BCUT2D eigenvalue weighted by Crippen LogP contribution is -2.69. The van der Waals surface area contributed by atoms with Crippen molar-refractivity contribution in [3.63, 3.8) is 0 Å². The van der Waals surface area contributed by atoms with Gasteiger partial charge in [0.2, 0.25) is 0 Å². The minimum atomic E-state index is -1.65. The molecule has 8 heteroatoms. The topological polar surface area (TPSA) is 40.2 Å². The van der Waals surface area contributed by atoms with Crippen LogP contribution in [0.4, 0.5) is 0 Å². The van der Waals surface area contributed by atoms with E-state index in [0.717, 1.165) is 31.1 Å². The monoisotopic (exact) mass is 545 g/mol. The van der Waals surface area contributed by atoms with Crippen molar-refractivity contribution < 1.29 is 18.8 Å². The Hall–Kier alpha value is -0.641. The third-order valence-electron chi connectivity index (χ3n) is 9.72. The molecule has 0 spiro atoms. The molecule has 0 N–H and O–H groups in total. The summed E-state index contributed by atoms with van der Waals surface area (Å²) in [6, 6.07) is 8.16. The second-order valence-electron chi connectivity index (χ2n) is 14.7. The molecular weight excluding hydrogens is 493 g/mol. The Kier molecular flexibility index (Phi) is 8.25. The van der Waals surface area contributed by atoms with Crippen LogP contribution in [-0.4, -0.2) is 59.2 Å². The summed E-state index contributed by atoms with van der Waals surface area (Å²) in [5.74, 6) is 2.90. The molecule has 1 aromatic rings. The van der Waals surface area contributed by atoms with Gasteiger partial charge in [0.1, 0.15) is 22.2 Å². The van der Waals surface area contributed by atoms with E-state index in [2.05, 4.69) is 83.3 Å². The van der Waals surface area contributed by atoms with Gasteiger partial charge in [0.15, 0.2) is 0 Å². The highest BCUT2D eigenvalue weighted by molar-refractivity contribution is 6.90. The second kappa shape index (κ2) is 10.4. The van der Waals surface area contributed by atoms with E-state index in [1.165, 1.54) is 12.0 Å². The van der Waals surface area contributed by atoms with E-state index in [1.54, 1.807) is 7.11 Å². The van der Waals surface area contributed by atoms with E-state index in [1.807, 2.05) is 12.1 Å². The zero-order chi connectivity index (χ0) is 27.4. The number of hydrogen-bond acceptors (Lipinski definition) is 5. The number of ether oxygens (including phenoxy) is 2. The normalized spacial score (nSPS) is 30.6. The Morgan fingerprint density at radius 3 is 2.19 bits per heavy atom. The fourth-order valence-electron chi connectivity index (χ4n) is 7.94. The zero-order valence-corrected chi connectivity index (χ0v) is 27.4. The van der Waals surface area contributed by atoms with Crippen molar-refractivity contribution in [2.45, 2.75) is 110 Å². The molecule has 3 saturated carbocycles. The Morgan fingerprint density at radius 1 is 1.03 bits per heavy atom. The summed E-state index contributed by atoms with van der Waals surface area (Å²) >= 11 is 0. The Morgan fingerprint density at radius 2 is 1.65 bits per heavy atom. The van der Waals surface area contributed by atoms with Crippen LogP contribution < -0.4 is 4.74 Å². The quantitative estimate of drug-likeness (QED) is 0.225. The summed E-state index contributed by atoms with van der Waals surface area (Å²) in [6.07, 6.45) is 3.65. The summed E-state index contributed by atoms with van der Waals surface area (Å²) in [5.41, 5.74) is 1.37. The predicted octanol–water partition coefficient (Wildman–Crippen LogP) is 6.85. The van der Waals surface area contributed by atoms with Gasteiger partial charge in [0, 0.05) is 12.5 Å². The maximum Gasteiger partial charge on any atom is 0.474 e. The van der Waals surface area contributed by atoms with Crippen LogP contribution in [0.1, 0.15) is 52.5 Å². The van der Waals surface area contributed by atoms with Crippen LogP contribution in [0.15, 0.2) is 24.3 Å². The van der Waals surface area contributed by atoms with E-state index in [-0.39, 0.29) is 24.8 Å². The highest BCUT2D eigenvalue weighted by Gasteiger charge is 2.69. The first kappa shape index (κ1) is 29.3. The number of hydrogen-bond donors (Lipinski definition) is 0. The summed E-state index contributed by atoms with van der Waals surface area (Å²) in [7, 11) is -1.77. The molecule has 0 unspecified atom stereocenters. The van der Waals surface area contributed by atoms with Crippen LogP contribution in [-0.2, 0) is 20.7 Å². The smallest absolute Gasteiger partial charge is 0.474 e. The average Bonchev–Trinajstić information content (AvgIpc) is 3.15. The van der Waals surface area contributed by atoms with Gasteiger partial charge in [0.25, 0.3) is 0 Å². The molecule has 0 aromatic heterocycles. The van der Waals surface area contributed by atoms with Crippen molar-refractivity contribution in [1.82, 2.24) is 4.23 Å². The van der Waals surface area contributed by atoms with Gasteiger partial charge < -0.3 is 23.0 Å². The van der Waals surface area contributed by atoms with Crippen LogP contribution in [0, 0.1) is 23.2 Å². The van der Waals surface area contributed by atoms with Crippen molar-refractivity contribution in [1.29, 1.82) is 0 Å². The van der Waals surface area contributed by atoms with Crippen LogP contribution >= 0.6 is 0 Å². The maximum atomic E-state index is 7.12. The number of nitrogens with zero attached hydrogens (tertiary/aromatic N) is 1. The molecule has 1 aliphatic heterocycles. The molecule has 4 aliphatic rings. The van der Waals surface area contributed by atoms with Gasteiger partial charge in [-0.1, -0.05) is 72.2 Å². The van der Waals surface area contributed by atoms with Crippen molar-refractivity contribution >= 4 is 23.6 Å². The van der Waals surface area contributed by atoms with E-state index in [0.29, 0.717) is 23.9 Å². The van der Waals surface area contributed by atoms with Gasteiger partial charge in [-0.15, -0.1) is 0 Å². The van der Waals surface area contributed by atoms with Gasteiger partial charge in [-0.25, -0.2) is 0 Å². The van der Waals surface area contributed by atoms with Gasteiger partial charge in [-0.3, -0.25) is 0 Å². The van der Waals surface area contributed by atoms with Crippen LogP contribution in [0.2, 0.25) is 39.3 Å². The zero-order valence-electron chi connectivity index (χ0n) is 25.4. The van der Waals surface area contributed by atoms with Crippen molar-refractivity contribution in [2.75, 3.05) is 13.7 Å². The number of benzene rings is 1. The summed E-state index contributed by atoms with van der Waals surface area (Å²) in [4.78, 5) is 0. The van der Waals surface area contributed by atoms with Crippen molar-refractivity contribution in [2.24, 2.45) is 23.2 Å². The lowest BCUT2D eigenvalue weighted by molar-refractivity contribution is -0.199. The van der Waals surface area contributed by atoms with Gasteiger partial charge in [-0.2, -0.15) is 0 Å². The van der Waals surface area contributed by atoms with E-state index >= 15 is 0 Å². The third kappa shape index (κ3) is 5.66. The average molecular weight is 546 g/mol. The number of methoxy groups -OCH3 is 1. The SMILES string of the molecule is COc1ccc(COCC[C@H](C)[C@@H](B2O[C@@H]3C[C@@H]4C[C@@H](C4(C)C)[C@]3(C)O2)N([Si](C)(C)C)[Si](C)(C)C)cc1. The largest absolute Gasteiger partial charge is 0.497 e. The second-order valence-corrected chi connectivity index (χ2v) is 24.8. The molecule has 5 nitrogen and oxygen atoms in total. The first-order chi connectivity index (χ1) is 17.1. The van der Waals surface area contributed by atoms with Crippen molar-refractivity contribution in [3.05, 3.63) is 29.8 Å². The van der Waals surface area contributed by atoms with E-state index in [4.69, 9.17) is 18.8 Å². The molecule has 2 bridgehead atoms. The minimum absolute atomic E-state index is 0.166. The Balaban J connectivity index is 1.50. The molecule has 0 amide bonds. The standard InChI is InChI=1S/C29H52BNO4Si2/c1-21(16-17-33-20-22-12-14-24(32-5)15-13-22)27(31(36(6,7)8)37(9,10)11)30-34-26-19-23-18-25(28(23,2)3)29(26,4)35-30/h12-15,21,23,25-27H,16-20H2,1-11H3/t21-,23-,25-,26+,27-,29-/m0/s1. The van der Waals surface area contributed by atoms with E-state index in [9.17, 15) is 0 Å². The lowest BCUT2D eigenvalue weighted by Gasteiger charge is -2.64. The Labute approximate surface area is 229 Å². The van der Waals surface area contributed by atoms with Gasteiger partial charge in [-0.05, 0) is 67.1 Å². The third-order valence-corrected chi connectivity index (χ3v) is 17.2. The molecule has 5 rings (SSSR count). The summed E-state index contributed by atoms with van der Waals surface area (Å²) in [6.45, 7) is 26.0. The Bertz CT molecular complexity index is 917. The molecule has 0 radical (unpaired) electrons. The summed E-state index contributed by atoms with van der Waals surface area (Å²) < 4.78 is 28.4. The maximum absolute atomic E-state index is 7.12. The predicted molar refractivity (Wildman–Crippen MR) is 159 cm³/mol. The highest BCUT2D eigenvalue weighted by Crippen LogP contribution is 2.66. The fraction of sp³-hybridized carbons (Fsp3) is 0.793. The molecule has 3 aliphatic carbocycles. The first-order valence-electron chi connectivity index (χ1n) is 14.4. The molecule has 4 fully saturated rings. The molecule has 37 heavy (non-hydrogen) atoms. The molecule has 1 aromatic carbocycles. The minimum Gasteiger partial charge on any atom is -0.497 e. The summed E-state index contributed by atoms with van der Waals surface area (Å²) in [5, 5.41) is 0. The van der Waals surface area contributed by atoms with Crippen LogP contribution in [0.5, 0.6) is 5.75 Å². The number of rotatable bonds is 11. The molecule has 1 saturated heterocycles. The molecule has 6 atom stereocenters. The van der Waals surface area contributed by atoms with Gasteiger partial charge in [0.05, 0.1) is 25.4 Å². The van der Waals surface area contributed by atoms with Crippen LogP contribution in [0.3, 0.4) is 0 Å². The van der Waals surface area contributed by atoms with E-state index < -0.39 is 16.5 Å².